The number of nitrogens with zero attached hydrogens (tertiary/aromatic N) is 2. The number of carbonyl (C=O) groups excluding carboxylic acids is 2. The van der Waals surface area contributed by atoms with Crippen molar-refractivity contribution in [2.75, 3.05) is 33.7 Å². The van der Waals surface area contributed by atoms with Crippen LogP contribution < -0.4 is 27.4 Å². The van der Waals surface area contributed by atoms with E-state index in [2.05, 4.69) is 16.0 Å². The summed E-state index contributed by atoms with van der Waals surface area (Å²) < 4.78 is 0. The molecule has 0 aromatic carbocycles. The molecular formula is C11H23N9O4. The highest BCUT2D eigenvalue weighted by atomic mass is 16.4. The maximum Gasteiger partial charge on any atom is 0.317 e. The molecule has 0 radical (unpaired) electrons. The first kappa shape index (κ1) is 21.2. The van der Waals surface area contributed by atoms with Gasteiger partial charge >= 0.3 is 5.97 Å². The minimum atomic E-state index is -0.967. The van der Waals surface area contributed by atoms with Crippen LogP contribution in [0.15, 0.2) is 0 Å². The molecule has 0 aromatic rings. The third kappa shape index (κ3) is 9.29. The van der Waals surface area contributed by atoms with Gasteiger partial charge in [-0.05, 0) is 0 Å². The van der Waals surface area contributed by atoms with Crippen LogP contribution in [-0.2, 0) is 14.4 Å². The van der Waals surface area contributed by atoms with Crippen molar-refractivity contribution in [2.24, 2.45) is 11.5 Å². The summed E-state index contributed by atoms with van der Waals surface area (Å²) in [6, 6.07) is 0. The standard InChI is InChI=1S/2C4H7N3O.C3H9N3O2/c2*1-7-2-3(8)6-4(7)5;4-3(5)6-1-2(7)8/h2*2H2,1H3,(H2,5,6,8);3,6H,1,4-5H2,(H,7,8). The van der Waals surface area contributed by atoms with Crippen LogP contribution >= 0.6 is 0 Å². The van der Waals surface area contributed by atoms with E-state index in [-0.39, 0.29) is 30.3 Å². The molecule has 2 aliphatic heterocycles. The van der Waals surface area contributed by atoms with E-state index in [0.717, 1.165) is 0 Å². The molecule has 2 aliphatic rings. The quantitative estimate of drug-likeness (QED) is 0.232. The van der Waals surface area contributed by atoms with Gasteiger partial charge in [0.25, 0.3) is 0 Å². The fourth-order valence-electron chi connectivity index (χ4n) is 1.33. The Labute approximate surface area is 138 Å². The second-order valence-electron chi connectivity index (χ2n) is 4.81. The van der Waals surface area contributed by atoms with Crippen LogP contribution in [0.25, 0.3) is 0 Å². The lowest BCUT2D eigenvalue weighted by Gasteiger charge is -2.03. The molecule has 0 aromatic heterocycles. The van der Waals surface area contributed by atoms with Gasteiger partial charge in [-0.1, -0.05) is 0 Å². The second kappa shape index (κ2) is 10.1. The molecule has 13 heteroatoms. The molecule has 2 fully saturated rings. The average molecular weight is 345 g/mol. The van der Waals surface area contributed by atoms with E-state index >= 15 is 0 Å². The van der Waals surface area contributed by atoms with Gasteiger partial charge in [0.05, 0.1) is 19.6 Å². The zero-order valence-electron chi connectivity index (χ0n) is 13.4. The summed E-state index contributed by atoms with van der Waals surface area (Å²) in [7, 11) is 3.39. The number of hydrogen-bond acceptors (Lipinski definition) is 8. The molecule has 13 nitrogen and oxygen atoms in total. The van der Waals surface area contributed by atoms with Crippen LogP contribution in [0.3, 0.4) is 0 Å². The van der Waals surface area contributed by atoms with Crippen molar-refractivity contribution in [1.82, 2.24) is 25.8 Å². The van der Waals surface area contributed by atoms with Crippen LogP contribution in [-0.4, -0.2) is 84.6 Å². The summed E-state index contributed by atoms with van der Waals surface area (Å²) in [5.41, 5.74) is 9.89. The first-order valence-corrected chi connectivity index (χ1v) is 6.68. The van der Waals surface area contributed by atoms with E-state index in [0.29, 0.717) is 13.1 Å². The summed E-state index contributed by atoms with van der Waals surface area (Å²) >= 11 is 0. The molecule has 0 spiro atoms. The fourth-order valence-corrected chi connectivity index (χ4v) is 1.33. The summed E-state index contributed by atoms with van der Waals surface area (Å²) in [6.07, 6.45) is -0.744. The van der Waals surface area contributed by atoms with Crippen molar-refractivity contribution >= 4 is 29.7 Å². The Morgan fingerprint density at radius 3 is 1.62 bits per heavy atom. The monoisotopic (exact) mass is 345 g/mol. The van der Waals surface area contributed by atoms with E-state index in [1.54, 1.807) is 23.9 Å². The Bertz CT molecular complexity index is 474. The summed E-state index contributed by atoms with van der Waals surface area (Å²) in [5, 5.41) is 28.9. The lowest BCUT2D eigenvalue weighted by molar-refractivity contribution is -0.136. The molecular weight excluding hydrogens is 322 g/mol. The molecule has 24 heavy (non-hydrogen) atoms. The molecule has 0 bridgehead atoms. The topological polar surface area (TPSA) is 214 Å². The molecule has 2 amide bonds. The van der Waals surface area contributed by atoms with Crippen molar-refractivity contribution in [3.8, 4) is 0 Å². The van der Waals surface area contributed by atoms with Crippen molar-refractivity contribution in [3.05, 3.63) is 0 Å². The number of carbonyl (C=O) groups is 3. The number of carboxylic acid groups (broad SMARTS) is 1. The van der Waals surface area contributed by atoms with Crippen LogP contribution in [0.5, 0.6) is 0 Å². The number of amides is 2. The van der Waals surface area contributed by atoms with E-state index in [4.69, 9.17) is 27.4 Å². The molecule has 136 valence electrons. The van der Waals surface area contributed by atoms with E-state index in [9.17, 15) is 14.4 Å². The third-order valence-corrected chi connectivity index (χ3v) is 2.53. The highest BCUT2D eigenvalue weighted by Gasteiger charge is 2.19. The zero-order chi connectivity index (χ0) is 18.9. The Kier molecular flexibility index (Phi) is 8.92. The number of nitrogens with two attached hydrogens (primary N) is 2. The number of guanidine groups is 2. The minimum Gasteiger partial charge on any atom is -0.480 e. The Morgan fingerprint density at radius 2 is 1.54 bits per heavy atom. The first-order valence-electron chi connectivity index (χ1n) is 6.68. The van der Waals surface area contributed by atoms with Crippen LogP contribution in [0, 0.1) is 10.8 Å². The number of likely N-dealkylation sites (N-methyl/N-ethyl adjacent to an activating group) is 2. The first-order chi connectivity index (χ1) is 11.0. The summed E-state index contributed by atoms with van der Waals surface area (Å²) in [5.74, 6) is -0.786. The Morgan fingerprint density at radius 1 is 1.17 bits per heavy atom. The summed E-state index contributed by atoms with van der Waals surface area (Å²) in [6.45, 7) is 0.440. The van der Waals surface area contributed by atoms with E-state index in [1.165, 1.54) is 0 Å². The molecule has 0 aliphatic carbocycles. The molecule has 2 saturated heterocycles. The van der Waals surface area contributed by atoms with E-state index < -0.39 is 12.3 Å². The molecule has 0 saturated carbocycles. The van der Waals surface area contributed by atoms with E-state index in [1.807, 2.05) is 0 Å². The molecule has 0 unspecified atom stereocenters. The second-order valence-corrected chi connectivity index (χ2v) is 4.81. The van der Waals surface area contributed by atoms with Gasteiger partial charge in [0.15, 0.2) is 11.9 Å². The average Bonchev–Trinajstić information content (AvgIpc) is 2.89. The third-order valence-electron chi connectivity index (χ3n) is 2.53. The molecule has 10 N–H and O–H groups in total. The van der Waals surface area contributed by atoms with Gasteiger partial charge in [0.1, 0.15) is 6.29 Å². The van der Waals surface area contributed by atoms with Gasteiger partial charge in [-0.3, -0.25) is 41.2 Å². The summed E-state index contributed by atoms with van der Waals surface area (Å²) in [4.78, 5) is 33.6. The van der Waals surface area contributed by atoms with Crippen molar-refractivity contribution in [3.63, 3.8) is 0 Å². The maximum absolute atomic E-state index is 10.4. The fraction of sp³-hybridized carbons (Fsp3) is 0.545. The lowest BCUT2D eigenvalue weighted by Crippen LogP contribution is -2.47. The van der Waals surface area contributed by atoms with Gasteiger partial charge in [-0.25, -0.2) is 0 Å². The molecule has 2 rings (SSSR count). The number of nitrogens with one attached hydrogen (secondary N) is 5. The van der Waals surface area contributed by atoms with Crippen molar-refractivity contribution in [2.45, 2.75) is 6.29 Å². The molecule has 2 heterocycles. The van der Waals surface area contributed by atoms with Crippen LogP contribution in [0.4, 0.5) is 0 Å². The normalized spacial score (nSPS) is 16.2. The smallest absolute Gasteiger partial charge is 0.317 e. The predicted molar refractivity (Wildman–Crippen MR) is 84.8 cm³/mol. The number of hydrogen-bond donors (Lipinski definition) is 8. The highest BCUT2D eigenvalue weighted by Crippen LogP contribution is 1.89. The lowest BCUT2D eigenvalue weighted by atomic mass is 10.6. The van der Waals surface area contributed by atoms with Crippen molar-refractivity contribution < 1.29 is 19.5 Å². The number of aliphatic carboxylic acids is 1. The number of carboxylic acids is 1. The van der Waals surface area contributed by atoms with Gasteiger partial charge in [0.2, 0.25) is 11.8 Å². The van der Waals surface area contributed by atoms with Crippen LogP contribution in [0.1, 0.15) is 0 Å². The maximum atomic E-state index is 10.4. The van der Waals surface area contributed by atoms with Gasteiger partial charge in [-0.2, -0.15) is 0 Å². The van der Waals surface area contributed by atoms with Crippen molar-refractivity contribution in [1.29, 1.82) is 10.8 Å². The predicted octanol–water partition coefficient (Wildman–Crippen LogP) is -4.17. The number of rotatable bonds is 3. The highest BCUT2D eigenvalue weighted by molar-refractivity contribution is 6.03. The SMILES string of the molecule is CN1CC(=O)NC1=N.CN1CC(=O)NC1=N.NC(N)NCC(=O)O. The van der Waals surface area contributed by atoms with Crippen LogP contribution in [0.2, 0.25) is 0 Å². The van der Waals surface area contributed by atoms with Gasteiger partial charge in [-0.15, -0.1) is 0 Å². The van der Waals surface area contributed by atoms with Gasteiger partial charge < -0.3 is 26.4 Å². The Hall–Kier alpha value is -2.77. The minimum absolute atomic E-state index is 0.0995. The Balaban J connectivity index is 0.000000331. The largest absolute Gasteiger partial charge is 0.480 e. The molecule has 0 atom stereocenters. The van der Waals surface area contributed by atoms with Gasteiger partial charge in [0, 0.05) is 14.1 Å². The zero-order valence-corrected chi connectivity index (χ0v) is 13.4.